The number of benzene rings is 1. The fraction of sp³-hybridized carbons (Fsp3) is 0.182. The molecule has 0 radical (unpaired) electrons. The lowest BCUT2D eigenvalue weighted by Crippen LogP contribution is -2.06. The first-order valence-corrected chi connectivity index (χ1v) is 5.02. The van der Waals surface area contributed by atoms with E-state index >= 15 is 0 Å². The van der Waals surface area contributed by atoms with Gasteiger partial charge in [-0.15, -0.1) is 0 Å². The van der Waals surface area contributed by atoms with Crippen LogP contribution in [0.2, 0.25) is 0 Å². The van der Waals surface area contributed by atoms with Crippen molar-refractivity contribution in [2.75, 3.05) is 0 Å². The van der Waals surface area contributed by atoms with Gasteiger partial charge >= 0.3 is 6.18 Å². The lowest BCUT2D eigenvalue weighted by molar-refractivity contribution is -0.137. The van der Waals surface area contributed by atoms with Gasteiger partial charge in [-0.25, -0.2) is 9.07 Å². The van der Waals surface area contributed by atoms with E-state index in [0.717, 1.165) is 16.9 Å². The lowest BCUT2D eigenvalue weighted by Gasteiger charge is -2.07. The van der Waals surface area contributed by atoms with Crippen molar-refractivity contribution in [1.29, 1.82) is 0 Å². The van der Waals surface area contributed by atoms with Gasteiger partial charge < -0.3 is 5.73 Å². The molecule has 0 aliphatic heterocycles. The molecule has 0 spiro atoms. The molecule has 96 valence electrons. The Kier molecular flexibility index (Phi) is 3.08. The smallest absolute Gasteiger partial charge is 0.326 e. The summed E-state index contributed by atoms with van der Waals surface area (Å²) in [5.41, 5.74) is 5.26. The van der Waals surface area contributed by atoms with Gasteiger partial charge in [-0.1, -0.05) is 0 Å². The lowest BCUT2D eigenvalue weighted by atomic mass is 10.1. The summed E-state index contributed by atoms with van der Waals surface area (Å²) in [5, 5.41) is 3.61. The minimum absolute atomic E-state index is 0.00824. The van der Waals surface area contributed by atoms with Crippen molar-refractivity contribution >= 4 is 0 Å². The molecule has 1 aromatic heterocycles. The molecule has 1 heterocycles. The Hall–Kier alpha value is -1.89. The number of alkyl halides is 3. The summed E-state index contributed by atoms with van der Waals surface area (Å²) in [5.74, 6) is -0.498. The Labute approximate surface area is 99.8 Å². The van der Waals surface area contributed by atoms with E-state index in [-0.39, 0.29) is 6.54 Å². The van der Waals surface area contributed by atoms with Crippen molar-refractivity contribution < 1.29 is 17.6 Å². The van der Waals surface area contributed by atoms with Crippen LogP contribution in [0.25, 0.3) is 5.69 Å². The summed E-state index contributed by atoms with van der Waals surface area (Å²) in [6, 6.07) is 3.65. The van der Waals surface area contributed by atoms with Crippen LogP contribution < -0.4 is 5.73 Å². The topological polar surface area (TPSA) is 43.8 Å². The van der Waals surface area contributed by atoms with Crippen molar-refractivity contribution in [3.8, 4) is 5.69 Å². The van der Waals surface area contributed by atoms with Crippen molar-refractivity contribution in [3.05, 3.63) is 47.5 Å². The molecule has 2 aromatic rings. The zero-order chi connectivity index (χ0) is 13.3. The second-order valence-electron chi connectivity index (χ2n) is 3.65. The van der Waals surface area contributed by atoms with Crippen molar-refractivity contribution in [2.24, 2.45) is 5.73 Å². The highest BCUT2D eigenvalue weighted by Crippen LogP contribution is 2.29. The first-order valence-electron chi connectivity index (χ1n) is 5.02. The molecule has 0 saturated carbocycles. The monoisotopic (exact) mass is 259 g/mol. The fourth-order valence-electron chi connectivity index (χ4n) is 1.54. The third kappa shape index (κ3) is 2.35. The number of halogens is 4. The van der Waals surface area contributed by atoms with E-state index in [0.29, 0.717) is 17.4 Å². The Balaban J connectivity index is 2.46. The van der Waals surface area contributed by atoms with Crippen molar-refractivity contribution in [3.63, 3.8) is 0 Å². The zero-order valence-electron chi connectivity index (χ0n) is 9.08. The van der Waals surface area contributed by atoms with Gasteiger partial charge in [-0.3, -0.25) is 0 Å². The highest BCUT2D eigenvalue weighted by atomic mass is 19.4. The largest absolute Gasteiger partial charge is 0.419 e. The van der Waals surface area contributed by atoms with E-state index in [1.54, 1.807) is 0 Å². The van der Waals surface area contributed by atoms with Crippen LogP contribution in [-0.4, -0.2) is 9.78 Å². The van der Waals surface area contributed by atoms with E-state index in [4.69, 9.17) is 5.73 Å². The van der Waals surface area contributed by atoms with E-state index in [1.165, 1.54) is 12.1 Å². The van der Waals surface area contributed by atoms with Crippen LogP contribution in [0.15, 0.2) is 30.6 Å². The maximum Gasteiger partial charge on any atom is 0.419 e. The predicted octanol–water partition coefficient (Wildman–Crippen LogP) is 2.49. The van der Waals surface area contributed by atoms with Crippen molar-refractivity contribution in [1.82, 2.24) is 9.78 Å². The van der Waals surface area contributed by atoms with Gasteiger partial charge in [0.25, 0.3) is 0 Å². The van der Waals surface area contributed by atoms with Gasteiger partial charge in [0.15, 0.2) is 0 Å². The molecular formula is C11H9F4N3. The zero-order valence-corrected chi connectivity index (χ0v) is 9.08. The van der Waals surface area contributed by atoms with Gasteiger partial charge in [0.2, 0.25) is 0 Å². The standard InChI is InChI=1S/C11H9F4N3/c12-9-1-2-10(7(3-9)4-16)18-6-8(5-17-18)11(13,14)15/h1-3,5-6H,4,16H2. The predicted molar refractivity (Wildman–Crippen MR) is 56.4 cm³/mol. The van der Waals surface area contributed by atoms with Crippen LogP contribution in [0.4, 0.5) is 17.6 Å². The Morgan fingerprint density at radius 1 is 1.28 bits per heavy atom. The minimum atomic E-state index is -4.46. The first kappa shape index (κ1) is 12.6. The molecule has 2 rings (SSSR count). The molecule has 0 unspecified atom stereocenters. The number of aromatic nitrogens is 2. The maximum atomic E-state index is 13.0. The molecule has 0 bridgehead atoms. The molecule has 0 saturated heterocycles. The number of nitrogens with zero attached hydrogens (tertiary/aromatic N) is 2. The van der Waals surface area contributed by atoms with Gasteiger partial charge in [0.05, 0.1) is 17.4 Å². The summed E-state index contributed by atoms with van der Waals surface area (Å²) in [7, 11) is 0. The highest BCUT2D eigenvalue weighted by Gasteiger charge is 2.32. The van der Waals surface area contributed by atoms with Gasteiger partial charge in [0.1, 0.15) is 5.82 Å². The Bertz CT molecular complexity index is 560. The fourth-order valence-corrected chi connectivity index (χ4v) is 1.54. The quantitative estimate of drug-likeness (QED) is 0.842. The van der Waals surface area contributed by atoms with Crippen LogP contribution in [0, 0.1) is 5.82 Å². The molecule has 1 aromatic carbocycles. The SMILES string of the molecule is NCc1cc(F)ccc1-n1cc(C(F)(F)F)cn1. The summed E-state index contributed by atoms with van der Waals surface area (Å²) in [6.07, 6.45) is -2.91. The molecule has 3 nitrogen and oxygen atoms in total. The van der Waals surface area contributed by atoms with Gasteiger partial charge in [-0.05, 0) is 23.8 Å². The molecule has 0 atom stereocenters. The molecule has 7 heteroatoms. The third-order valence-electron chi connectivity index (χ3n) is 2.42. The van der Waals surface area contributed by atoms with Crippen molar-refractivity contribution in [2.45, 2.75) is 12.7 Å². The maximum absolute atomic E-state index is 13.0. The first-order chi connectivity index (χ1) is 8.41. The number of rotatable bonds is 2. The highest BCUT2D eigenvalue weighted by molar-refractivity contribution is 5.41. The Morgan fingerprint density at radius 3 is 2.56 bits per heavy atom. The molecule has 18 heavy (non-hydrogen) atoms. The van der Waals surface area contributed by atoms with Crippen LogP contribution >= 0.6 is 0 Å². The van der Waals surface area contributed by atoms with E-state index in [9.17, 15) is 17.6 Å². The second-order valence-corrected chi connectivity index (χ2v) is 3.65. The summed E-state index contributed by atoms with van der Waals surface area (Å²) >= 11 is 0. The van der Waals surface area contributed by atoms with Gasteiger partial charge in [-0.2, -0.15) is 18.3 Å². The molecule has 2 N–H and O–H groups in total. The summed E-state index contributed by atoms with van der Waals surface area (Å²) in [4.78, 5) is 0. The van der Waals surface area contributed by atoms with Crippen LogP contribution in [0.3, 0.4) is 0 Å². The van der Waals surface area contributed by atoms with Crippen LogP contribution in [0.5, 0.6) is 0 Å². The average Bonchev–Trinajstić information content (AvgIpc) is 2.77. The molecule has 0 aliphatic carbocycles. The van der Waals surface area contributed by atoms with E-state index in [1.807, 2.05) is 0 Å². The van der Waals surface area contributed by atoms with Crippen LogP contribution in [-0.2, 0) is 12.7 Å². The van der Waals surface area contributed by atoms with Gasteiger partial charge in [0, 0.05) is 12.7 Å². The van der Waals surface area contributed by atoms with Crippen LogP contribution in [0.1, 0.15) is 11.1 Å². The van der Waals surface area contributed by atoms with E-state index in [2.05, 4.69) is 5.10 Å². The minimum Gasteiger partial charge on any atom is -0.326 e. The molecular weight excluding hydrogens is 250 g/mol. The average molecular weight is 259 g/mol. The normalized spacial score (nSPS) is 11.8. The third-order valence-corrected chi connectivity index (χ3v) is 2.42. The number of hydrogen-bond donors (Lipinski definition) is 1. The summed E-state index contributed by atoms with van der Waals surface area (Å²) < 4.78 is 51.3. The van der Waals surface area contributed by atoms with E-state index < -0.39 is 17.6 Å². The summed E-state index contributed by atoms with van der Waals surface area (Å²) in [6.45, 7) is 0.00824. The number of hydrogen-bond acceptors (Lipinski definition) is 2. The second kappa shape index (κ2) is 4.41. The molecule has 0 aliphatic rings. The molecule has 0 amide bonds. The molecule has 0 fully saturated rings. The number of nitrogens with two attached hydrogens (primary N) is 1. The Morgan fingerprint density at radius 2 is 2.00 bits per heavy atom.